The summed E-state index contributed by atoms with van der Waals surface area (Å²) in [6, 6.07) is 0.361. The van der Waals surface area contributed by atoms with Crippen molar-refractivity contribution in [2.75, 3.05) is 39.3 Å². The van der Waals surface area contributed by atoms with Crippen molar-refractivity contribution in [2.45, 2.75) is 97.2 Å². The Labute approximate surface area is 166 Å². The van der Waals surface area contributed by atoms with Gasteiger partial charge in [-0.05, 0) is 51.9 Å². The topological polar surface area (TPSA) is 9.72 Å². The summed E-state index contributed by atoms with van der Waals surface area (Å²) in [6.07, 6.45) is 6.56. The molecule has 27 heavy (non-hydrogen) atoms. The molecule has 0 aromatic heterocycles. The summed E-state index contributed by atoms with van der Waals surface area (Å²) in [5.41, 5.74) is 0. The zero-order valence-electron chi connectivity index (χ0n) is 18.4. The third-order valence-electron chi connectivity index (χ3n) is 7.02. The fourth-order valence-corrected chi connectivity index (χ4v) is 5.20. The van der Waals surface area contributed by atoms with Crippen molar-refractivity contribution in [1.82, 2.24) is 14.7 Å². The number of nitrogens with zero attached hydrogens (tertiary/aromatic N) is 3. The number of hydrogen-bond donors (Lipinski definition) is 0. The molecule has 0 radical (unpaired) electrons. The number of piperazine rings is 1. The van der Waals surface area contributed by atoms with Gasteiger partial charge in [-0.1, -0.05) is 27.2 Å². The van der Waals surface area contributed by atoms with E-state index in [1.807, 2.05) is 13.8 Å². The zero-order chi connectivity index (χ0) is 20.0. The van der Waals surface area contributed by atoms with E-state index in [0.29, 0.717) is 18.5 Å². The van der Waals surface area contributed by atoms with Crippen LogP contribution in [0.2, 0.25) is 0 Å². The first-order chi connectivity index (χ1) is 12.9. The Bertz CT molecular complexity index is 414. The molecule has 0 spiro atoms. The molecule has 3 fully saturated rings. The smallest absolute Gasteiger partial charge is 0.275 e. The Kier molecular flexibility index (Phi) is 8.95. The summed E-state index contributed by atoms with van der Waals surface area (Å²) in [7, 11) is 0. The maximum atomic E-state index is 15.0. The lowest BCUT2D eigenvalue weighted by molar-refractivity contribution is -0.143. The molecule has 0 aromatic carbocycles. The second kappa shape index (κ2) is 10.5. The summed E-state index contributed by atoms with van der Waals surface area (Å²) < 4.78 is 29.9. The number of hydrogen-bond acceptors (Lipinski definition) is 3. The number of piperidine rings is 1. The van der Waals surface area contributed by atoms with E-state index in [1.165, 1.54) is 19.3 Å². The molecule has 5 heteroatoms. The van der Waals surface area contributed by atoms with E-state index < -0.39 is 12.0 Å². The Balaban J connectivity index is 0.00000126. The van der Waals surface area contributed by atoms with E-state index in [1.54, 1.807) is 0 Å². The van der Waals surface area contributed by atoms with Gasteiger partial charge in [-0.3, -0.25) is 14.7 Å². The van der Waals surface area contributed by atoms with Gasteiger partial charge in [0.05, 0.1) is 12.6 Å². The van der Waals surface area contributed by atoms with Crippen LogP contribution in [0.15, 0.2) is 0 Å². The highest BCUT2D eigenvalue weighted by molar-refractivity contribution is 4.97. The molecule has 1 saturated carbocycles. The molecule has 0 bridgehead atoms. The number of rotatable bonds is 4. The molecule has 2 aliphatic heterocycles. The molecule has 3 rings (SSSR count). The Morgan fingerprint density at radius 1 is 0.852 bits per heavy atom. The molecule has 0 unspecified atom stereocenters. The summed E-state index contributed by atoms with van der Waals surface area (Å²) >= 11 is 0. The second-order valence-corrected chi connectivity index (χ2v) is 8.78. The van der Waals surface area contributed by atoms with Gasteiger partial charge in [0, 0.05) is 44.8 Å². The summed E-state index contributed by atoms with van der Waals surface area (Å²) in [4.78, 5) is 6.59. The minimum atomic E-state index is -2.57. The van der Waals surface area contributed by atoms with Crippen LogP contribution in [-0.2, 0) is 0 Å². The first kappa shape index (κ1) is 23.0. The van der Waals surface area contributed by atoms with E-state index in [0.717, 1.165) is 51.5 Å². The van der Waals surface area contributed by atoms with Crippen molar-refractivity contribution in [2.24, 2.45) is 5.92 Å². The molecule has 0 amide bonds. The molecule has 0 aromatic rings. The van der Waals surface area contributed by atoms with E-state index >= 15 is 0 Å². The lowest BCUT2D eigenvalue weighted by atomic mass is 9.83. The van der Waals surface area contributed by atoms with Crippen molar-refractivity contribution in [3.63, 3.8) is 0 Å². The Morgan fingerprint density at radius 2 is 1.44 bits per heavy atom. The van der Waals surface area contributed by atoms with Gasteiger partial charge in [-0.25, -0.2) is 8.78 Å². The zero-order valence-corrected chi connectivity index (χ0v) is 18.4. The van der Waals surface area contributed by atoms with Gasteiger partial charge < -0.3 is 0 Å². The fourth-order valence-electron chi connectivity index (χ4n) is 5.20. The van der Waals surface area contributed by atoms with Gasteiger partial charge in [-0.2, -0.15) is 0 Å². The second-order valence-electron chi connectivity index (χ2n) is 8.78. The molecule has 1 aliphatic carbocycles. The third-order valence-corrected chi connectivity index (χ3v) is 7.02. The predicted octanol–water partition coefficient (Wildman–Crippen LogP) is 4.72. The van der Waals surface area contributed by atoms with Gasteiger partial charge in [0.15, 0.2) is 0 Å². The van der Waals surface area contributed by atoms with E-state index in [2.05, 4.69) is 35.5 Å². The maximum absolute atomic E-state index is 15.0. The highest BCUT2D eigenvalue weighted by atomic mass is 19.3. The van der Waals surface area contributed by atoms with Crippen LogP contribution in [0.4, 0.5) is 8.78 Å². The lowest BCUT2D eigenvalue weighted by Crippen LogP contribution is -2.63. The van der Waals surface area contributed by atoms with E-state index in [4.69, 9.17) is 0 Å². The van der Waals surface area contributed by atoms with Crippen LogP contribution in [0.1, 0.15) is 73.1 Å². The molecular weight excluding hydrogens is 344 g/mol. The highest BCUT2D eigenvalue weighted by Crippen LogP contribution is 2.36. The summed E-state index contributed by atoms with van der Waals surface area (Å²) in [6.45, 7) is 14.9. The van der Waals surface area contributed by atoms with Crippen molar-refractivity contribution in [3.05, 3.63) is 0 Å². The normalized spacial score (nSPS) is 33.6. The molecule has 3 aliphatic rings. The monoisotopic (exact) mass is 387 g/mol. The average Bonchev–Trinajstić information content (AvgIpc) is 2.69. The summed E-state index contributed by atoms with van der Waals surface area (Å²) in [5, 5.41) is 0. The highest BCUT2D eigenvalue weighted by Gasteiger charge is 2.49. The van der Waals surface area contributed by atoms with Gasteiger partial charge in [-0.15, -0.1) is 0 Å². The van der Waals surface area contributed by atoms with E-state index in [9.17, 15) is 8.78 Å². The van der Waals surface area contributed by atoms with Gasteiger partial charge in [0.25, 0.3) is 5.92 Å². The molecule has 3 nitrogen and oxygen atoms in total. The van der Waals surface area contributed by atoms with Crippen LogP contribution in [0.5, 0.6) is 0 Å². The molecule has 2 heterocycles. The van der Waals surface area contributed by atoms with Crippen molar-refractivity contribution >= 4 is 0 Å². The maximum Gasteiger partial charge on any atom is 0.275 e. The van der Waals surface area contributed by atoms with Crippen molar-refractivity contribution in [1.29, 1.82) is 0 Å². The molecular formula is C22H43F2N3. The molecule has 1 atom stereocenters. The third kappa shape index (κ3) is 5.86. The number of alkyl halides is 2. The van der Waals surface area contributed by atoms with Crippen molar-refractivity contribution < 1.29 is 8.78 Å². The Morgan fingerprint density at radius 3 is 1.93 bits per heavy atom. The first-order valence-electron chi connectivity index (χ1n) is 11.5. The number of likely N-dealkylation sites (tertiary alicyclic amines) is 1. The van der Waals surface area contributed by atoms with Gasteiger partial charge >= 0.3 is 0 Å². The predicted molar refractivity (Wildman–Crippen MR) is 111 cm³/mol. The molecule has 160 valence electrons. The first-order valence-corrected chi connectivity index (χ1v) is 11.5. The van der Waals surface area contributed by atoms with Crippen LogP contribution >= 0.6 is 0 Å². The SMILES string of the molecule is CC.CCC1CCC(N2CC[C@H](N3CCN(C(C)C)CC3)C(F)(F)C2)CC1. The van der Waals surface area contributed by atoms with Crippen LogP contribution in [0, 0.1) is 5.92 Å². The van der Waals surface area contributed by atoms with Crippen LogP contribution in [0.25, 0.3) is 0 Å². The van der Waals surface area contributed by atoms with Gasteiger partial charge in [0.1, 0.15) is 0 Å². The Hall–Kier alpha value is -0.260. The largest absolute Gasteiger partial charge is 0.298 e. The standard InChI is InChI=1S/C20H37F2N3.C2H6/c1-4-17-5-7-18(8-6-17)25-10-9-19(20(21,22)15-25)24-13-11-23(12-14-24)16(2)3;1-2/h16-19H,4-15H2,1-3H3;1-2H3/t17?,18?,19-;/m0./s1. The van der Waals surface area contributed by atoms with Crippen LogP contribution in [0.3, 0.4) is 0 Å². The van der Waals surface area contributed by atoms with Gasteiger partial charge in [0.2, 0.25) is 0 Å². The van der Waals surface area contributed by atoms with E-state index in [-0.39, 0.29) is 6.54 Å². The van der Waals surface area contributed by atoms with Crippen molar-refractivity contribution in [3.8, 4) is 0 Å². The minimum absolute atomic E-state index is 0.0243. The quantitative estimate of drug-likeness (QED) is 0.691. The number of halogens is 2. The fraction of sp³-hybridized carbons (Fsp3) is 1.00. The summed E-state index contributed by atoms with van der Waals surface area (Å²) in [5.74, 6) is -1.74. The molecule has 2 saturated heterocycles. The minimum Gasteiger partial charge on any atom is -0.298 e. The average molecular weight is 388 g/mol. The van der Waals surface area contributed by atoms with Crippen LogP contribution < -0.4 is 0 Å². The lowest BCUT2D eigenvalue weighted by Gasteiger charge is -2.49. The molecule has 0 N–H and O–H groups in total. The van der Waals surface area contributed by atoms with Crippen LogP contribution in [-0.4, -0.2) is 78.0 Å².